The largest absolute Gasteiger partial charge is 0.333 e. The van der Waals surface area contributed by atoms with E-state index in [0.29, 0.717) is 0 Å². The van der Waals surface area contributed by atoms with Crippen molar-refractivity contribution in [1.82, 2.24) is 9.55 Å². The van der Waals surface area contributed by atoms with E-state index in [0.717, 1.165) is 18.8 Å². The average molecular weight is 237 g/mol. The summed E-state index contributed by atoms with van der Waals surface area (Å²) in [6.45, 7) is 1.88. The predicted octanol–water partition coefficient (Wildman–Crippen LogP) is 1.90. The van der Waals surface area contributed by atoms with Gasteiger partial charge in [-0.3, -0.25) is 0 Å². The Hall–Kier alpha value is -0.480. The smallest absolute Gasteiger partial charge is 0.119 e. The van der Waals surface area contributed by atoms with Crippen molar-refractivity contribution in [3.05, 3.63) is 17.7 Å². The van der Waals surface area contributed by atoms with Crippen LogP contribution < -0.4 is 5.73 Å². The van der Waals surface area contributed by atoms with Gasteiger partial charge in [0.2, 0.25) is 0 Å². The second kappa shape index (κ2) is 4.08. The van der Waals surface area contributed by atoms with E-state index >= 15 is 0 Å². The fourth-order valence-electron chi connectivity index (χ4n) is 2.96. The number of nitrogens with zero attached hydrogens (tertiary/aromatic N) is 2. The Balaban J connectivity index is 1.96. The van der Waals surface area contributed by atoms with E-state index in [1.54, 1.807) is 0 Å². The summed E-state index contributed by atoms with van der Waals surface area (Å²) >= 11 is 1.99. The molecule has 0 unspecified atom stereocenters. The van der Waals surface area contributed by atoms with Crippen LogP contribution >= 0.6 is 11.8 Å². The number of aryl methyl sites for hydroxylation is 1. The van der Waals surface area contributed by atoms with Crippen LogP contribution in [0.1, 0.15) is 37.2 Å². The highest BCUT2D eigenvalue weighted by atomic mass is 32.2. The number of hydrogen-bond donors (Lipinski definition) is 1. The Morgan fingerprint density at radius 1 is 1.44 bits per heavy atom. The summed E-state index contributed by atoms with van der Waals surface area (Å²) < 4.78 is 2.33. The molecule has 1 aromatic heterocycles. The van der Waals surface area contributed by atoms with Crippen molar-refractivity contribution in [3.63, 3.8) is 0 Å². The highest BCUT2D eigenvalue weighted by Gasteiger charge is 2.37. The third-order valence-corrected chi connectivity index (χ3v) is 5.00. The van der Waals surface area contributed by atoms with Gasteiger partial charge >= 0.3 is 0 Å². The maximum atomic E-state index is 6.00. The van der Waals surface area contributed by atoms with Crippen molar-refractivity contribution in [3.8, 4) is 0 Å². The Morgan fingerprint density at radius 3 is 2.94 bits per heavy atom. The molecule has 2 heterocycles. The first-order chi connectivity index (χ1) is 7.84. The number of aromatic nitrogens is 2. The second-order valence-electron chi connectivity index (χ2n) is 4.98. The Morgan fingerprint density at radius 2 is 2.25 bits per heavy atom. The van der Waals surface area contributed by atoms with E-state index in [1.165, 1.54) is 43.0 Å². The fourth-order valence-corrected chi connectivity index (χ4v) is 3.84. The van der Waals surface area contributed by atoms with Gasteiger partial charge in [-0.05, 0) is 12.8 Å². The molecule has 2 aliphatic rings. The first-order valence-corrected chi connectivity index (χ1v) is 7.34. The molecular formula is C12H19N3S. The quantitative estimate of drug-likeness (QED) is 0.854. The first kappa shape index (κ1) is 10.7. The number of fused-ring (bicyclic) bond motifs is 1. The maximum absolute atomic E-state index is 6.00. The zero-order valence-corrected chi connectivity index (χ0v) is 10.4. The lowest BCUT2D eigenvalue weighted by Gasteiger charge is -2.24. The van der Waals surface area contributed by atoms with Gasteiger partial charge in [-0.2, -0.15) is 11.8 Å². The first-order valence-electron chi connectivity index (χ1n) is 6.18. The number of imidazole rings is 1. The lowest BCUT2D eigenvalue weighted by Crippen LogP contribution is -2.32. The van der Waals surface area contributed by atoms with Crippen molar-refractivity contribution >= 4 is 11.8 Å². The number of nitrogens with two attached hydrogens (primary N) is 1. The van der Waals surface area contributed by atoms with Crippen LogP contribution in [-0.2, 0) is 17.7 Å². The van der Waals surface area contributed by atoms with Gasteiger partial charge < -0.3 is 10.3 Å². The summed E-state index contributed by atoms with van der Waals surface area (Å²) in [7, 11) is 0. The summed E-state index contributed by atoms with van der Waals surface area (Å²) in [5.74, 6) is 3.55. The topological polar surface area (TPSA) is 43.8 Å². The summed E-state index contributed by atoms with van der Waals surface area (Å²) in [4.78, 5) is 4.84. The molecule has 3 rings (SSSR count). The molecule has 0 radical (unpaired) electrons. The van der Waals surface area contributed by atoms with Crippen LogP contribution in [0, 0.1) is 0 Å². The second-order valence-corrected chi connectivity index (χ2v) is 6.09. The highest BCUT2D eigenvalue weighted by molar-refractivity contribution is 7.98. The monoisotopic (exact) mass is 237 g/mol. The van der Waals surface area contributed by atoms with Crippen LogP contribution in [0.15, 0.2) is 6.20 Å². The molecule has 88 valence electrons. The van der Waals surface area contributed by atoms with Crippen molar-refractivity contribution in [2.75, 3.05) is 12.3 Å². The van der Waals surface area contributed by atoms with Gasteiger partial charge in [0.05, 0.1) is 11.4 Å². The van der Waals surface area contributed by atoms with Gasteiger partial charge in [0.25, 0.3) is 0 Å². The van der Waals surface area contributed by atoms with Gasteiger partial charge in [0.15, 0.2) is 0 Å². The van der Waals surface area contributed by atoms with E-state index in [4.69, 9.17) is 10.7 Å². The highest BCUT2D eigenvalue weighted by Crippen LogP contribution is 2.40. The zero-order chi connectivity index (χ0) is 11.0. The van der Waals surface area contributed by atoms with Crippen molar-refractivity contribution in [1.29, 1.82) is 0 Å². The minimum absolute atomic E-state index is 0.203. The van der Waals surface area contributed by atoms with Crippen LogP contribution in [0.3, 0.4) is 0 Å². The van der Waals surface area contributed by atoms with E-state index in [-0.39, 0.29) is 5.41 Å². The van der Waals surface area contributed by atoms with Crippen LogP contribution in [0.25, 0.3) is 0 Å². The molecule has 0 aromatic carbocycles. The molecule has 4 heteroatoms. The van der Waals surface area contributed by atoms with E-state index in [9.17, 15) is 0 Å². The van der Waals surface area contributed by atoms with Crippen LogP contribution in [0.5, 0.6) is 0 Å². The molecule has 0 spiro atoms. The summed E-state index contributed by atoms with van der Waals surface area (Å²) in [5, 5.41) is 0. The Kier molecular flexibility index (Phi) is 2.72. The normalized spacial score (nSPS) is 23.3. The number of rotatable bonds is 2. The lowest BCUT2D eigenvalue weighted by molar-refractivity contribution is 0.440. The third kappa shape index (κ3) is 1.59. The zero-order valence-electron chi connectivity index (χ0n) is 9.61. The van der Waals surface area contributed by atoms with Crippen molar-refractivity contribution in [2.45, 2.75) is 43.4 Å². The van der Waals surface area contributed by atoms with Crippen molar-refractivity contribution < 1.29 is 0 Å². The Labute approximate surface area is 101 Å². The van der Waals surface area contributed by atoms with Crippen molar-refractivity contribution in [2.24, 2.45) is 5.73 Å². The molecule has 0 atom stereocenters. The van der Waals surface area contributed by atoms with E-state index in [2.05, 4.69) is 10.8 Å². The van der Waals surface area contributed by atoms with Gasteiger partial charge in [0.1, 0.15) is 5.82 Å². The number of hydrogen-bond acceptors (Lipinski definition) is 3. The summed E-state index contributed by atoms with van der Waals surface area (Å²) in [6.07, 6.45) is 7.36. The fraction of sp³-hybridized carbons (Fsp3) is 0.750. The molecule has 1 aliphatic carbocycles. The minimum Gasteiger partial charge on any atom is -0.333 e. The standard InChI is InChI=1S/C12H19N3S/c13-9-12(3-1-2-4-12)10-7-15-5-6-16-8-11(15)14-10/h7H,1-6,8-9,13H2. The molecular weight excluding hydrogens is 218 g/mol. The van der Waals surface area contributed by atoms with E-state index in [1.807, 2.05) is 11.8 Å². The minimum atomic E-state index is 0.203. The van der Waals surface area contributed by atoms with Crippen LogP contribution in [0.2, 0.25) is 0 Å². The molecule has 0 saturated heterocycles. The number of thioether (sulfide) groups is 1. The van der Waals surface area contributed by atoms with Gasteiger partial charge in [0, 0.05) is 30.5 Å². The molecule has 0 bridgehead atoms. The molecule has 0 amide bonds. The van der Waals surface area contributed by atoms with Gasteiger partial charge in [-0.1, -0.05) is 12.8 Å². The molecule has 3 nitrogen and oxygen atoms in total. The third-order valence-electron chi connectivity index (χ3n) is 4.06. The molecule has 16 heavy (non-hydrogen) atoms. The van der Waals surface area contributed by atoms with E-state index < -0.39 is 0 Å². The molecule has 1 aliphatic heterocycles. The SMILES string of the molecule is NCC1(c2cn3c(n2)CSCC3)CCCC1. The predicted molar refractivity (Wildman–Crippen MR) is 67.6 cm³/mol. The Bertz CT molecular complexity index is 356. The molecule has 1 aromatic rings. The molecule has 1 saturated carbocycles. The van der Waals surface area contributed by atoms with Gasteiger partial charge in [-0.25, -0.2) is 4.98 Å². The molecule has 2 N–H and O–H groups in total. The lowest BCUT2D eigenvalue weighted by atomic mass is 9.83. The van der Waals surface area contributed by atoms with Crippen LogP contribution in [0.4, 0.5) is 0 Å². The van der Waals surface area contributed by atoms with Gasteiger partial charge in [-0.15, -0.1) is 0 Å². The summed E-state index contributed by atoms with van der Waals surface area (Å²) in [6, 6.07) is 0. The van der Waals surface area contributed by atoms with Crippen LogP contribution in [-0.4, -0.2) is 21.8 Å². The molecule has 1 fully saturated rings. The average Bonchev–Trinajstić information content (AvgIpc) is 2.96. The summed E-state index contributed by atoms with van der Waals surface area (Å²) in [5.41, 5.74) is 7.48. The maximum Gasteiger partial charge on any atom is 0.119 e.